The van der Waals surface area contributed by atoms with Crippen LogP contribution >= 0.6 is 0 Å². The van der Waals surface area contributed by atoms with Gasteiger partial charge in [-0.1, -0.05) is 0 Å². The molecule has 0 radical (unpaired) electrons. The molecule has 0 aliphatic heterocycles. The second kappa shape index (κ2) is 4.25. The second-order valence-corrected chi connectivity index (χ2v) is 2.32. The van der Waals surface area contributed by atoms with E-state index >= 15 is 0 Å². The molecule has 0 aliphatic carbocycles. The molecule has 0 fully saturated rings. The highest BCUT2D eigenvalue weighted by Gasteiger charge is 1.94. The van der Waals surface area contributed by atoms with Gasteiger partial charge < -0.3 is 9.72 Å². The number of methoxy groups -OCH3 is 1. The zero-order valence-electron chi connectivity index (χ0n) is 7.11. The first kappa shape index (κ1) is 9.25. The van der Waals surface area contributed by atoms with Crippen LogP contribution in [-0.2, 0) is 9.53 Å². The van der Waals surface area contributed by atoms with E-state index in [1.807, 2.05) is 0 Å². The lowest BCUT2D eigenvalue weighted by molar-refractivity contribution is -0.134. The summed E-state index contributed by atoms with van der Waals surface area (Å²) in [5.41, 5.74) is 0.284. The van der Waals surface area contributed by atoms with E-state index in [1.165, 1.54) is 37.7 Å². The lowest BCUT2D eigenvalue weighted by Gasteiger charge is -1.90. The predicted octanol–water partition coefficient (Wildman–Crippen LogP) is 0.561. The van der Waals surface area contributed by atoms with Crippen LogP contribution in [-0.4, -0.2) is 18.1 Å². The topological polar surface area (TPSA) is 59.2 Å². The van der Waals surface area contributed by atoms with Gasteiger partial charge in [0.1, 0.15) is 0 Å². The summed E-state index contributed by atoms with van der Waals surface area (Å²) in [5, 5.41) is 0. The molecule has 0 bridgehead atoms. The fourth-order valence-corrected chi connectivity index (χ4v) is 0.785. The van der Waals surface area contributed by atoms with Crippen molar-refractivity contribution >= 4 is 12.0 Å². The average molecular weight is 179 g/mol. The third-order valence-electron chi connectivity index (χ3n) is 1.45. The van der Waals surface area contributed by atoms with Crippen LogP contribution in [0.5, 0.6) is 0 Å². The van der Waals surface area contributed by atoms with Gasteiger partial charge in [0.2, 0.25) is 0 Å². The molecule has 0 amide bonds. The number of carbonyl (C=O) groups excluding carboxylic acids is 1. The molecule has 1 aromatic rings. The molecule has 0 aliphatic rings. The second-order valence-electron chi connectivity index (χ2n) is 2.32. The van der Waals surface area contributed by atoms with E-state index in [0.29, 0.717) is 5.56 Å². The minimum absolute atomic E-state index is 0.140. The number of pyridine rings is 1. The van der Waals surface area contributed by atoms with E-state index in [2.05, 4.69) is 9.72 Å². The zero-order valence-corrected chi connectivity index (χ0v) is 7.11. The van der Waals surface area contributed by atoms with Gasteiger partial charge in [-0.05, 0) is 6.08 Å². The molecular weight excluding hydrogens is 170 g/mol. The Bertz CT molecular complexity index is 378. The summed E-state index contributed by atoms with van der Waals surface area (Å²) < 4.78 is 4.37. The molecule has 0 aromatic carbocycles. The molecular formula is C9H9NO3. The van der Waals surface area contributed by atoms with E-state index in [-0.39, 0.29) is 5.43 Å². The van der Waals surface area contributed by atoms with Crippen molar-refractivity contribution in [1.29, 1.82) is 0 Å². The smallest absolute Gasteiger partial charge is 0.330 e. The molecule has 0 saturated carbocycles. The van der Waals surface area contributed by atoms with E-state index < -0.39 is 5.97 Å². The first-order valence-electron chi connectivity index (χ1n) is 3.67. The zero-order chi connectivity index (χ0) is 9.68. The average Bonchev–Trinajstić information content (AvgIpc) is 2.16. The van der Waals surface area contributed by atoms with Gasteiger partial charge in [0, 0.05) is 30.1 Å². The van der Waals surface area contributed by atoms with Crippen LogP contribution in [0.1, 0.15) is 5.56 Å². The normalized spacial score (nSPS) is 10.2. The molecule has 13 heavy (non-hydrogen) atoms. The maximum atomic E-state index is 11.1. The summed E-state index contributed by atoms with van der Waals surface area (Å²) in [5.74, 6) is -0.483. The van der Waals surface area contributed by atoms with E-state index in [4.69, 9.17) is 0 Å². The van der Waals surface area contributed by atoms with Crippen molar-refractivity contribution in [3.63, 3.8) is 0 Å². The fraction of sp³-hybridized carbons (Fsp3) is 0.111. The van der Waals surface area contributed by atoms with Crippen LogP contribution in [0.4, 0.5) is 0 Å². The van der Waals surface area contributed by atoms with Crippen molar-refractivity contribution in [1.82, 2.24) is 4.98 Å². The van der Waals surface area contributed by atoms with Crippen molar-refractivity contribution < 1.29 is 9.53 Å². The quantitative estimate of drug-likeness (QED) is 0.533. The number of hydrogen-bond acceptors (Lipinski definition) is 3. The predicted molar refractivity (Wildman–Crippen MR) is 48.1 cm³/mol. The Balaban J connectivity index is 2.86. The third kappa shape index (κ3) is 2.59. The molecule has 0 spiro atoms. The van der Waals surface area contributed by atoms with Gasteiger partial charge in [0.15, 0.2) is 5.43 Å². The molecule has 4 nitrogen and oxygen atoms in total. The summed E-state index contributed by atoms with van der Waals surface area (Å²) in [6.45, 7) is 0. The number of carbonyl (C=O) groups is 1. The van der Waals surface area contributed by atoms with Crippen molar-refractivity contribution in [2.75, 3.05) is 7.11 Å². The Hall–Kier alpha value is -1.84. The molecule has 4 heteroatoms. The summed E-state index contributed by atoms with van der Waals surface area (Å²) in [6, 6.07) is 1.39. The number of nitrogens with one attached hydrogen (secondary N) is 1. The van der Waals surface area contributed by atoms with Gasteiger partial charge in [-0.15, -0.1) is 0 Å². The highest BCUT2D eigenvalue weighted by Crippen LogP contribution is 1.92. The SMILES string of the molecule is COC(=O)C=Cc1c[nH]ccc1=O. The number of hydrogen-bond donors (Lipinski definition) is 1. The molecule has 1 N–H and O–H groups in total. The highest BCUT2D eigenvalue weighted by molar-refractivity contribution is 5.86. The number of aromatic amines is 1. The lowest BCUT2D eigenvalue weighted by atomic mass is 10.2. The minimum atomic E-state index is -0.483. The van der Waals surface area contributed by atoms with Gasteiger partial charge in [-0.2, -0.15) is 0 Å². The molecule has 0 atom stereocenters. The Kier molecular flexibility index (Phi) is 3.03. The number of ether oxygens (including phenoxy) is 1. The fourth-order valence-electron chi connectivity index (χ4n) is 0.785. The molecule has 1 aromatic heterocycles. The van der Waals surface area contributed by atoms with Gasteiger partial charge in [0.25, 0.3) is 0 Å². The van der Waals surface area contributed by atoms with Crippen LogP contribution in [0.2, 0.25) is 0 Å². The van der Waals surface area contributed by atoms with Gasteiger partial charge >= 0.3 is 5.97 Å². The summed E-state index contributed by atoms with van der Waals surface area (Å²) >= 11 is 0. The van der Waals surface area contributed by atoms with Crippen LogP contribution in [0.3, 0.4) is 0 Å². The Morgan fingerprint density at radius 2 is 2.38 bits per heavy atom. The Morgan fingerprint density at radius 3 is 3.00 bits per heavy atom. The van der Waals surface area contributed by atoms with E-state index in [0.717, 1.165) is 0 Å². The third-order valence-corrected chi connectivity index (χ3v) is 1.45. The first-order valence-corrected chi connectivity index (χ1v) is 3.67. The maximum Gasteiger partial charge on any atom is 0.330 e. The summed E-state index contributed by atoms with van der Waals surface area (Å²) in [4.78, 5) is 24.5. The number of rotatable bonds is 2. The van der Waals surface area contributed by atoms with Crippen LogP contribution in [0.25, 0.3) is 6.08 Å². The summed E-state index contributed by atoms with van der Waals surface area (Å²) in [7, 11) is 1.28. The molecule has 68 valence electrons. The Labute approximate surface area is 74.9 Å². The largest absolute Gasteiger partial charge is 0.466 e. The molecule has 0 unspecified atom stereocenters. The van der Waals surface area contributed by atoms with E-state index in [9.17, 15) is 9.59 Å². The van der Waals surface area contributed by atoms with Crippen molar-refractivity contribution in [2.45, 2.75) is 0 Å². The van der Waals surface area contributed by atoms with Crippen LogP contribution in [0, 0.1) is 0 Å². The number of aromatic nitrogens is 1. The van der Waals surface area contributed by atoms with Crippen molar-refractivity contribution in [3.8, 4) is 0 Å². The highest BCUT2D eigenvalue weighted by atomic mass is 16.5. The number of esters is 1. The monoisotopic (exact) mass is 179 g/mol. The molecule has 1 heterocycles. The lowest BCUT2D eigenvalue weighted by Crippen LogP contribution is -2.03. The van der Waals surface area contributed by atoms with Crippen molar-refractivity contribution in [3.05, 3.63) is 40.3 Å². The molecule has 0 saturated heterocycles. The van der Waals surface area contributed by atoms with Gasteiger partial charge in [-0.3, -0.25) is 4.79 Å². The van der Waals surface area contributed by atoms with Crippen molar-refractivity contribution in [2.24, 2.45) is 0 Å². The van der Waals surface area contributed by atoms with Gasteiger partial charge in [-0.25, -0.2) is 4.79 Å². The van der Waals surface area contributed by atoms with E-state index in [1.54, 1.807) is 0 Å². The Morgan fingerprint density at radius 1 is 1.62 bits per heavy atom. The van der Waals surface area contributed by atoms with Gasteiger partial charge in [0.05, 0.1) is 7.11 Å². The number of H-pyrrole nitrogens is 1. The van der Waals surface area contributed by atoms with Crippen LogP contribution < -0.4 is 5.43 Å². The molecule has 1 rings (SSSR count). The van der Waals surface area contributed by atoms with Crippen LogP contribution in [0.15, 0.2) is 29.3 Å². The maximum absolute atomic E-state index is 11.1. The summed E-state index contributed by atoms with van der Waals surface area (Å²) in [6.07, 6.45) is 5.65. The standard InChI is InChI=1S/C9H9NO3/c1-13-9(12)3-2-7-6-10-5-4-8(7)11/h2-6H,1H3,(H,10,11). The first-order chi connectivity index (χ1) is 6.24. The minimum Gasteiger partial charge on any atom is -0.466 e.